The second-order valence-electron chi connectivity index (χ2n) is 3.55. The van der Waals surface area contributed by atoms with Gasteiger partial charge in [-0.2, -0.15) is 0 Å². The van der Waals surface area contributed by atoms with Crippen LogP contribution in [-0.4, -0.2) is 45.2 Å². The highest BCUT2D eigenvalue weighted by atomic mass is 32.2. The first kappa shape index (κ1) is 14.7. The standard InChI is InChI=1S/C10H17N5O2S/c1-3-14(4-2)5-6-18-10-8(15(16)17)9(11)12-7-13-10/h7H,3-6H2,1-2H3,(H2,11,12,13). The summed E-state index contributed by atoms with van der Waals surface area (Å²) in [5.74, 6) is 0.652. The normalized spacial score (nSPS) is 10.8. The maximum absolute atomic E-state index is 10.9. The highest BCUT2D eigenvalue weighted by Gasteiger charge is 2.20. The van der Waals surface area contributed by atoms with Crippen LogP contribution in [0.1, 0.15) is 13.8 Å². The minimum atomic E-state index is -0.533. The third-order valence-electron chi connectivity index (χ3n) is 2.54. The molecule has 0 saturated heterocycles. The zero-order valence-electron chi connectivity index (χ0n) is 10.5. The average Bonchev–Trinajstić information content (AvgIpc) is 2.34. The van der Waals surface area contributed by atoms with Gasteiger partial charge in [-0.05, 0) is 13.1 Å². The molecule has 0 aliphatic carbocycles. The summed E-state index contributed by atoms with van der Waals surface area (Å²) in [6, 6.07) is 0. The van der Waals surface area contributed by atoms with E-state index in [-0.39, 0.29) is 11.5 Å². The van der Waals surface area contributed by atoms with Gasteiger partial charge in [0.1, 0.15) is 6.33 Å². The Bertz CT molecular complexity index is 411. The number of rotatable bonds is 7. The van der Waals surface area contributed by atoms with Crippen molar-refractivity contribution >= 4 is 23.3 Å². The summed E-state index contributed by atoms with van der Waals surface area (Å²) in [4.78, 5) is 20.1. The first-order chi connectivity index (χ1) is 8.60. The minimum Gasteiger partial charge on any atom is -0.378 e. The van der Waals surface area contributed by atoms with Crippen molar-refractivity contribution in [2.75, 3.05) is 31.1 Å². The van der Waals surface area contributed by atoms with Crippen LogP contribution in [0, 0.1) is 10.1 Å². The second kappa shape index (κ2) is 7.12. The molecule has 100 valence electrons. The lowest BCUT2D eigenvalue weighted by Crippen LogP contribution is -2.25. The maximum Gasteiger partial charge on any atom is 0.343 e. The lowest BCUT2D eigenvalue weighted by atomic mass is 10.5. The minimum absolute atomic E-state index is 0.0830. The highest BCUT2D eigenvalue weighted by Crippen LogP contribution is 2.30. The Morgan fingerprint density at radius 2 is 2.11 bits per heavy atom. The SMILES string of the molecule is CCN(CC)CCSc1ncnc(N)c1[N+](=O)[O-]. The summed E-state index contributed by atoms with van der Waals surface area (Å²) in [5, 5.41) is 11.2. The molecule has 0 amide bonds. The number of nitrogens with two attached hydrogens (primary N) is 1. The summed E-state index contributed by atoms with van der Waals surface area (Å²) in [5.41, 5.74) is 5.30. The Morgan fingerprint density at radius 1 is 1.44 bits per heavy atom. The van der Waals surface area contributed by atoms with E-state index in [1.807, 2.05) is 0 Å². The van der Waals surface area contributed by atoms with Gasteiger partial charge >= 0.3 is 5.69 Å². The van der Waals surface area contributed by atoms with Crippen LogP contribution < -0.4 is 5.73 Å². The quantitative estimate of drug-likeness (QED) is 0.346. The molecule has 0 radical (unpaired) electrons. The second-order valence-corrected chi connectivity index (χ2v) is 4.63. The molecule has 8 heteroatoms. The van der Waals surface area contributed by atoms with Gasteiger partial charge in [0.15, 0.2) is 5.03 Å². The molecular formula is C10H17N5O2S. The molecule has 0 atom stereocenters. The molecule has 1 rings (SSSR count). The lowest BCUT2D eigenvalue weighted by molar-refractivity contribution is -0.387. The fraction of sp³-hybridized carbons (Fsp3) is 0.600. The topological polar surface area (TPSA) is 98.2 Å². The smallest absolute Gasteiger partial charge is 0.343 e. The van der Waals surface area contributed by atoms with Crippen molar-refractivity contribution in [2.24, 2.45) is 0 Å². The molecule has 7 nitrogen and oxygen atoms in total. The molecule has 1 aromatic heterocycles. The van der Waals surface area contributed by atoms with Gasteiger partial charge in [0.25, 0.3) is 0 Å². The van der Waals surface area contributed by atoms with Crippen molar-refractivity contribution in [1.82, 2.24) is 14.9 Å². The number of nitrogens with zero attached hydrogens (tertiary/aromatic N) is 4. The van der Waals surface area contributed by atoms with Gasteiger partial charge in [-0.15, -0.1) is 0 Å². The van der Waals surface area contributed by atoms with E-state index in [1.54, 1.807) is 0 Å². The van der Waals surface area contributed by atoms with Crippen molar-refractivity contribution in [2.45, 2.75) is 18.9 Å². The third-order valence-corrected chi connectivity index (χ3v) is 3.50. The Kier molecular flexibility index (Phi) is 5.79. The summed E-state index contributed by atoms with van der Waals surface area (Å²) >= 11 is 1.33. The number of nitrogen functional groups attached to an aromatic ring is 1. The maximum atomic E-state index is 10.9. The van der Waals surface area contributed by atoms with Gasteiger partial charge < -0.3 is 10.6 Å². The first-order valence-corrected chi connectivity index (χ1v) is 6.68. The van der Waals surface area contributed by atoms with Gasteiger partial charge in [0.2, 0.25) is 5.82 Å². The number of nitro groups is 1. The zero-order chi connectivity index (χ0) is 13.5. The van der Waals surface area contributed by atoms with Crippen LogP contribution in [0.4, 0.5) is 11.5 Å². The first-order valence-electron chi connectivity index (χ1n) is 5.70. The number of thioether (sulfide) groups is 1. The molecule has 0 aromatic carbocycles. The predicted molar refractivity (Wildman–Crippen MR) is 71.6 cm³/mol. The lowest BCUT2D eigenvalue weighted by Gasteiger charge is -2.16. The Hall–Kier alpha value is -1.41. The number of aromatic nitrogens is 2. The summed E-state index contributed by atoms with van der Waals surface area (Å²) in [7, 11) is 0. The Labute approximate surface area is 110 Å². The van der Waals surface area contributed by atoms with E-state index in [2.05, 4.69) is 28.7 Å². The van der Waals surface area contributed by atoms with Crippen molar-refractivity contribution in [3.8, 4) is 0 Å². The van der Waals surface area contributed by atoms with Crippen molar-refractivity contribution in [3.63, 3.8) is 0 Å². The molecule has 0 saturated carbocycles. The third kappa shape index (κ3) is 3.81. The molecule has 0 aliphatic rings. The summed E-state index contributed by atoms with van der Waals surface area (Å²) in [6.45, 7) is 6.95. The fourth-order valence-electron chi connectivity index (χ4n) is 1.46. The van der Waals surface area contributed by atoms with E-state index in [9.17, 15) is 10.1 Å². The van der Waals surface area contributed by atoms with Crippen molar-refractivity contribution in [1.29, 1.82) is 0 Å². The Balaban J connectivity index is 2.67. The van der Waals surface area contributed by atoms with Crippen LogP contribution in [0.3, 0.4) is 0 Å². The van der Waals surface area contributed by atoms with E-state index in [1.165, 1.54) is 18.1 Å². The highest BCUT2D eigenvalue weighted by molar-refractivity contribution is 7.99. The largest absolute Gasteiger partial charge is 0.378 e. The molecule has 18 heavy (non-hydrogen) atoms. The van der Waals surface area contributed by atoms with E-state index >= 15 is 0 Å². The Morgan fingerprint density at radius 3 is 2.67 bits per heavy atom. The fourth-order valence-corrected chi connectivity index (χ4v) is 2.44. The van der Waals surface area contributed by atoms with Gasteiger partial charge in [0.05, 0.1) is 4.92 Å². The van der Waals surface area contributed by atoms with Crippen LogP contribution >= 0.6 is 11.8 Å². The number of hydrogen-bond acceptors (Lipinski definition) is 7. The van der Waals surface area contributed by atoms with Crippen LogP contribution in [0.2, 0.25) is 0 Å². The zero-order valence-corrected chi connectivity index (χ0v) is 11.3. The van der Waals surface area contributed by atoms with Gasteiger partial charge in [0, 0.05) is 12.3 Å². The molecule has 0 spiro atoms. The van der Waals surface area contributed by atoms with E-state index in [0.717, 1.165) is 25.4 Å². The molecule has 2 N–H and O–H groups in total. The number of hydrogen-bond donors (Lipinski definition) is 1. The molecule has 1 heterocycles. The molecule has 0 aliphatic heterocycles. The monoisotopic (exact) mass is 271 g/mol. The van der Waals surface area contributed by atoms with Crippen LogP contribution in [0.15, 0.2) is 11.4 Å². The summed E-state index contributed by atoms with van der Waals surface area (Å²) < 4.78 is 0. The molecular weight excluding hydrogens is 254 g/mol. The van der Waals surface area contributed by atoms with Crippen molar-refractivity contribution in [3.05, 3.63) is 16.4 Å². The molecule has 0 bridgehead atoms. The number of anilines is 1. The van der Waals surface area contributed by atoms with Gasteiger partial charge in [-0.1, -0.05) is 25.6 Å². The van der Waals surface area contributed by atoms with E-state index in [4.69, 9.17) is 5.73 Å². The predicted octanol–water partition coefficient (Wildman–Crippen LogP) is 1.40. The van der Waals surface area contributed by atoms with Crippen LogP contribution in [0.25, 0.3) is 0 Å². The molecule has 1 aromatic rings. The van der Waals surface area contributed by atoms with Crippen LogP contribution in [0.5, 0.6) is 0 Å². The van der Waals surface area contributed by atoms with Gasteiger partial charge in [-0.25, -0.2) is 9.97 Å². The van der Waals surface area contributed by atoms with Crippen LogP contribution in [-0.2, 0) is 0 Å². The van der Waals surface area contributed by atoms with Crippen molar-refractivity contribution < 1.29 is 4.92 Å². The van der Waals surface area contributed by atoms with E-state index in [0.29, 0.717) is 5.03 Å². The molecule has 0 fully saturated rings. The molecule has 0 unspecified atom stereocenters. The summed E-state index contributed by atoms with van der Waals surface area (Å²) in [6.07, 6.45) is 1.25. The average molecular weight is 271 g/mol. The van der Waals surface area contributed by atoms with Gasteiger partial charge in [-0.3, -0.25) is 10.1 Å². The van der Waals surface area contributed by atoms with E-state index < -0.39 is 4.92 Å².